The fraction of sp³-hybridized carbons (Fsp3) is 0.407. The van der Waals surface area contributed by atoms with Gasteiger partial charge >= 0.3 is 0 Å². The summed E-state index contributed by atoms with van der Waals surface area (Å²) in [6.45, 7) is 8.18. The molecule has 0 radical (unpaired) electrons. The number of amides is 1. The topological polar surface area (TPSA) is 58.8 Å². The van der Waals surface area contributed by atoms with Crippen LogP contribution >= 0.6 is 0 Å². The molecule has 0 unspecified atom stereocenters. The van der Waals surface area contributed by atoms with Crippen molar-refractivity contribution in [3.63, 3.8) is 0 Å². The molecule has 2 fully saturated rings. The molecule has 0 spiro atoms. The molecule has 1 saturated heterocycles. The van der Waals surface area contributed by atoms with Crippen LogP contribution in [0, 0.1) is 19.8 Å². The van der Waals surface area contributed by atoms with E-state index in [0.29, 0.717) is 25.7 Å². The lowest BCUT2D eigenvalue weighted by molar-refractivity contribution is 0.0734. The normalized spacial score (nSPS) is 16.1. The van der Waals surface area contributed by atoms with Crippen molar-refractivity contribution in [2.75, 3.05) is 37.7 Å². The molecule has 1 amide bonds. The number of carbonyl (C=O) groups excluding carboxylic acids is 1. The lowest BCUT2D eigenvalue weighted by Crippen LogP contribution is -2.37. The number of morpholine rings is 1. The molecular weight excluding hydrogens is 414 g/mol. The molecular formula is C27H31N3O3. The monoisotopic (exact) mass is 445 g/mol. The molecule has 2 aliphatic rings. The zero-order chi connectivity index (χ0) is 22.8. The third-order valence-corrected chi connectivity index (χ3v) is 6.47. The molecule has 6 heteroatoms. The van der Waals surface area contributed by atoms with Gasteiger partial charge in [0.2, 0.25) is 5.88 Å². The fourth-order valence-corrected chi connectivity index (χ4v) is 4.38. The van der Waals surface area contributed by atoms with Gasteiger partial charge in [0.1, 0.15) is 5.69 Å². The highest BCUT2D eigenvalue weighted by Crippen LogP contribution is 2.36. The van der Waals surface area contributed by atoms with Crippen LogP contribution in [0.5, 0.6) is 0 Å². The van der Waals surface area contributed by atoms with E-state index in [9.17, 15) is 4.79 Å². The minimum atomic E-state index is 0.0613. The highest BCUT2D eigenvalue weighted by molar-refractivity contribution is 5.94. The van der Waals surface area contributed by atoms with Gasteiger partial charge in [0, 0.05) is 30.8 Å². The Balaban J connectivity index is 1.52. The lowest BCUT2D eigenvalue weighted by Gasteiger charge is -2.28. The summed E-state index contributed by atoms with van der Waals surface area (Å²) in [4.78, 5) is 17.8. The number of hydrogen-bond donors (Lipinski definition) is 0. The zero-order valence-electron chi connectivity index (χ0n) is 19.4. The molecule has 0 atom stereocenters. The van der Waals surface area contributed by atoms with Crippen LogP contribution in [0.15, 0.2) is 53.1 Å². The molecule has 172 valence electrons. The summed E-state index contributed by atoms with van der Waals surface area (Å²) < 4.78 is 11.5. The Kier molecular flexibility index (Phi) is 6.18. The van der Waals surface area contributed by atoms with Gasteiger partial charge in [0.25, 0.3) is 5.91 Å². The van der Waals surface area contributed by atoms with Gasteiger partial charge in [-0.2, -0.15) is 0 Å². The van der Waals surface area contributed by atoms with Gasteiger partial charge in [0.15, 0.2) is 0 Å². The summed E-state index contributed by atoms with van der Waals surface area (Å²) in [5, 5.41) is 4.50. The summed E-state index contributed by atoms with van der Waals surface area (Å²) in [7, 11) is 0. The first-order valence-corrected chi connectivity index (χ1v) is 11.8. The first-order valence-electron chi connectivity index (χ1n) is 11.8. The molecule has 1 aromatic heterocycles. The summed E-state index contributed by atoms with van der Waals surface area (Å²) in [6.07, 6.45) is 2.37. The number of anilines is 1. The standard InChI is InChI=1S/C27H31N3O3/c1-19-6-10-22(11-7-19)26(31)30(17-21-8-9-21)18-24-25(23-5-3-4-20(2)16-23)28-33-27(24)29-12-14-32-15-13-29/h3-7,10-11,16,21H,8-9,12-15,17-18H2,1-2H3. The third-order valence-electron chi connectivity index (χ3n) is 6.47. The van der Waals surface area contributed by atoms with Gasteiger partial charge in [-0.25, -0.2) is 0 Å². The molecule has 1 saturated carbocycles. The van der Waals surface area contributed by atoms with E-state index >= 15 is 0 Å². The van der Waals surface area contributed by atoms with Gasteiger partial charge in [-0.3, -0.25) is 4.79 Å². The SMILES string of the molecule is Cc1ccc(C(=O)N(Cc2c(-c3cccc(C)c3)noc2N2CCOCC2)CC2CC2)cc1. The van der Waals surface area contributed by atoms with Crippen molar-refractivity contribution in [2.24, 2.45) is 5.92 Å². The predicted octanol–water partition coefficient (Wildman–Crippen LogP) is 4.85. The van der Waals surface area contributed by atoms with Crippen LogP contribution in [0.2, 0.25) is 0 Å². The van der Waals surface area contributed by atoms with Crippen molar-refractivity contribution in [3.05, 3.63) is 70.8 Å². The highest BCUT2D eigenvalue weighted by atomic mass is 16.5. The Bertz CT molecular complexity index is 1110. The molecule has 3 aromatic rings. The van der Waals surface area contributed by atoms with E-state index in [1.807, 2.05) is 42.2 Å². The van der Waals surface area contributed by atoms with Crippen molar-refractivity contribution in [1.29, 1.82) is 0 Å². The average molecular weight is 446 g/mol. The molecule has 2 heterocycles. The summed E-state index contributed by atoms with van der Waals surface area (Å²) in [6, 6.07) is 16.1. The second kappa shape index (κ2) is 9.40. The third kappa shape index (κ3) is 4.96. The van der Waals surface area contributed by atoms with E-state index in [2.05, 4.69) is 35.2 Å². The van der Waals surface area contributed by atoms with Gasteiger partial charge in [-0.1, -0.05) is 46.6 Å². The average Bonchev–Trinajstić information content (AvgIpc) is 3.56. The van der Waals surface area contributed by atoms with Crippen molar-refractivity contribution in [3.8, 4) is 11.3 Å². The highest BCUT2D eigenvalue weighted by Gasteiger charge is 2.31. The largest absolute Gasteiger partial charge is 0.378 e. The summed E-state index contributed by atoms with van der Waals surface area (Å²) in [5.74, 6) is 1.40. The number of ether oxygens (including phenoxy) is 1. The number of rotatable bonds is 7. The minimum absolute atomic E-state index is 0.0613. The number of aromatic nitrogens is 1. The zero-order valence-corrected chi connectivity index (χ0v) is 19.4. The van der Waals surface area contributed by atoms with Crippen molar-refractivity contribution >= 4 is 11.8 Å². The number of carbonyl (C=O) groups is 1. The Morgan fingerprint density at radius 1 is 1.06 bits per heavy atom. The van der Waals surface area contributed by atoms with Crippen LogP contribution in [0.4, 0.5) is 5.88 Å². The maximum Gasteiger partial charge on any atom is 0.254 e. The second-order valence-corrected chi connectivity index (χ2v) is 9.28. The molecule has 1 aliphatic carbocycles. The molecule has 33 heavy (non-hydrogen) atoms. The van der Waals surface area contributed by atoms with Crippen LogP contribution in [-0.2, 0) is 11.3 Å². The molecule has 6 nitrogen and oxygen atoms in total. The molecule has 5 rings (SSSR count). The smallest absolute Gasteiger partial charge is 0.254 e. The maximum atomic E-state index is 13.6. The molecule has 0 bridgehead atoms. The Morgan fingerprint density at radius 3 is 2.52 bits per heavy atom. The van der Waals surface area contributed by atoms with Crippen LogP contribution in [0.1, 0.15) is 39.9 Å². The number of benzene rings is 2. The number of nitrogens with zero attached hydrogens (tertiary/aromatic N) is 3. The first kappa shape index (κ1) is 21.7. The van der Waals surface area contributed by atoms with Crippen molar-refractivity contribution in [2.45, 2.75) is 33.2 Å². The first-order chi connectivity index (χ1) is 16.1. The van der Waals surface area contributed by atoms with E-state index in [4.69, 9.17) is 9.26 Å². The van der Waals surface area contributed by atoms with Gasteiger partial charge in [-0.05, 0) is 50.8 Å². The Morgan fingerprint density at radius 2 is 1.82 bits per heavy atom. The lowest BCUT2D eigenvalue weighted by atomic mass is 10.0. The maximum absolute atomic E-state index is 13.6. The minimum Gasteiger partial charge on any atom is -0.378 e. The summed E-state index contributed by atoms with van der Waals surface area (Å²) in [5.41, 5.74) is 5.85. The predicted molar refractivity (Wildman–Crippen MR) is 128 cm³/mol. The van der Waals surface area contributed by atoms with E-state index in [0.717, 1.165) is 53.5 Å². The van der Waals surface area contributed by atoms with Crippen LogP contribution in [0.25, 0.3) is 11.3 Å². The molecule has 1 aliphatic heterocycles. The van der Waals surface area contributed by atoms with Crippen LogP contribution in [0.3, 0.4) is 0 Å². The van der Waals surface area contributed by atoms with Crippen molar-refractivity contribution < 1.29 is 14.1 Å². The van der Waals surface area contributed by atoms with E-state index in [1.54, 1.807) is 0 Å². The molecule has 0 N–H and O–H groups in total. The Hall–Kier alpha value is -3.12. The number of hydrogen-bond acceptors (Lipinski definition) is 5. The number of aryl methyl sites for hydroxylation is 2. The van der Waals surface area contributed by atoms with Crippen LogP contribution in [-0.4, -0.2) is 48.8 Å². The van der Waals surface area contributed by atoms with Gasteiger partial charge < -0.3 is 19.1 Å². The molecule has 2 aromatic carbocycles. The van der Waals surface area contributed by atoms with Gasteiger partial charge in [-0.15, -0.1) is 0 Å². The quantitative estimate of drug-likeness (QED) is 0.520. The van der Waals surface area contributed by atoms with E-state index in [-0.39, 0.29) is 5.91 Å². The Labute approximate surface area is 195 Å². The van der Waals surface area contributed by atoms with Gasteiger partial charge in [0.05, 0.1) is 25.3 Å². The second-order valence-electron chi connectivity index (χ2n) is 9.28. The van der Waals surface area contributed by atoms with Crippen LogP contribution < -0.4 is 4.90 Å². The van der Waals surface area contributed by atoms with Crippen molar-refractivity contribution in [1.82, 2.24) is 10.1 Å². The fourth-order valence-electron chi connectivity index (χ4n) is 4.38. The van der Waals surface area contributed by atoms with E-state index < -0.39 is 0 Å². The summed E-state index contributed by atoms with van der Waals surface area (Å²) >= 11 is 0. The van der Waals surface area contributed by atoms with E-state index in [1.165, 1.54) is 18.4 Å².